The molecule has 1 amide bonds. The number of nitrogens with one attached hydrogen (secondary N) is 1. The van der Waals surface area contributed by atoms with Crippen LogP contribution in [0.3, 0.4) is 0 Å². The van der Waals surface area contributed by atoms with Crippen molar-refractivity contribution >= 4 is 5.91 Å². The van der Waals surface area contributed by atoms with Gasteiger partial charge in [-0.2, -0.15) is 0 Å². The lowest BCUT2D eigenvalue weighted by atomic mass is 9.77. The Morgan fingerprint density at radius 2 is 2.00 bits per heavy atom. The predicted molar refractivity (Wildman–Crippen MR) is 68.5 cm³/mol. The van der Waals surface area contributed by atoms with Crippen LogP contribution in [0.4, 0.5) is 0 Å². The average Bonchev–Trinajstić information content (AvgIpc) is 2.26. The third kappa shape index (κ3) is 2.34. The van der Waals surface area contributed by atoms with Gasteiger partial charge in [-0.15, -0.1) is 0 Å². The Morgan fingerprint density at radius 1 is 1.35 bits per heavy atom. The van der Waals surface area contributed by atoms with E-state index in [1.165, 1.54) is 11.1 Å². The first-order valence-corrected chi connectivity index (χ1v) is 6.03. The molecule has 1 aliphatic heterocycles. The van der Waals surface area contributed by atoms with Crippen LogP contribution in [-0.4, -0.2) is 11.9 Å². The second-order valence-corrected chi connectivity index (χ2v) is 5.82. The Hall–Kier alpha value is -1.35. The molecule has 1 aromatic rings. The number of hydrogen-bond donors (Lipinski definition) is 2. The summed E-state index contributed by atoms with van der Waals surface area (Å²) in [6.07, 6.45) is 0.693. The molecule has 0 aromatic heterocycles. The second-order valence-electron chi connectivity index (χ2n) is 5.82. The molecule has 0 saturated carbocycles. The molecule has 0 spiro atoms. The van der Waals surface area contributed by atoms with Gasteiger partial charge in [0.05, 0.1) is 6.04 Å². The number of carbonyl (C=O) groups excluding carboxylic acids is 1. The van der Waals surface area contributed by atoms with Crippen molar-refractivity contribution in [1.29, 1.82) is 0 Å². The number of amides is 1. The number of primary amides is 1. The second kappa shape index (κ2) is 4.15. The fraction of sp³-hybridized carbons (Fsp3) is 0.500. The van der Waals surface area contributed by atoms with Gasteiger partial charge < -0.3 is 5.73 Å². The van der Waals surface area contributed by atoms with Gasteiger partial charge in [0.15, 0.2) is 0 Å². The van der Waals surface area contributed by atoms with E-state index in [0.717, 1.165) is 0 Å². The minimum absolute atomic E-state index is 0.0597. The van der Waals surface area contributed by atoms with Gasteiger partial charge in [-0.1, -0.05) is 45.0 Å². The lowest BCUT2D eigenvalue weighted by molar-refractivity contribution is -0.120. The van der Waals surface area contributed by atoms with E-state index in [0.29, 0.717) is 6.42 Å². The van der Waals surface area contributed by atoms with Crippen LogP contribution in [0.2, 0.25) is 0 Å². The van der Waals surface area contributed by atoms with Crippen LogP contribution in [0.1, 0.15) is 37.9 Å². The normalized spacial score (nSPS) is 24.2. The molecule has 3 nitrogen and oxygen atoms in total. The maximum atomic E-state index is 11.4. The van der Waals surface area contributed by atoms with Crippen molar-refractivity contribution in [3.05, 3.63) is 35.4 Å². The minimum Gasteiger partial charge on any atom is -0.368 e. The van der Waals surface area contributed by atoms with Crippen LogP contribution in [-0.2, 0) is 11.2 Å². The molecule has 1 aliphatic rings. The lowest BCUT2D eigenvalue weighted by Gasteiger charge is -2.39. The Morgan fingerprint density at radius 3 is 2.59 bits per heavy atom. The van der Waals surface area contributed by atoms with Crippen LogP contribution in [0.5, 0.6) is 0 Å². The standard InChI is InChI=1S/C14H20N2O/c1-14(2,3)12-10-7-5-4-6-9(10)8-11(16-12)13(15)17/h4-7,11-12,16H,8H2,1-3H3,(H2,15,17). The molecule has 3 heteroatoms. The van der Waals surface area contributed by atoms with E-state index >= 15 is 0 Å². The third-order valence-corrected chi connectivity index (χ3v) is 3.37. The number of nitrogens with two attached hydrogens (primary N) is 1. The van der Waals surface area contributed by atoms with Crippen LogP contribution in [0.25, 0.3) is 0 Å². The molecule has 0 radical (unpaired) electrons. The van der Waals surface area contributed by atoms with E-state index < -0.39 is 0 Å². The van der Waals surface area contributed by atoms with Crippen molar-refractivity contribution in [3.63, 3.8) is 0 Å². The quantitative estimate of drug-likeness (QED) is 0.775. The van der Waals surface area contributed by atoms with Gasteiger partial charge >= 0.3 is 0 Å². The Labute approximate surface area is 102 Å². The molecule has 0 saturated heterocycles. The highest BCUT2D eigenvalue weighted by molar-refractivity contribution is 5.80. The Kier molecular flexibility index (Phi) is 2.96. The fourth-order valence-electron chi connectivity index (χ4n) is 2.47. The molecule has 2 atom stereocenters. The Bertz CT molecular complexity index is 434. The molecule has 17 heavy (non-hydrogen) atoms. The zero-order valence-electron chi connectivity index (χ0n) is 10.7. The summed E-state index contributed by atoms with van der Waals surface area (Å²) in [5, 5.41) is 3.37. The molecule has 2 rings (SSSR count). The molecular weight excluding hydrogens is 212 g/mol. The largest absolute Gasteiger partial charge is 0.368 e. The summed E-state index contributed by atoms with van der Waals surface area (Å²) in [4.78, 5) is 11.4. The number of rotatable bonds is 1. The first-order valence-electron chi connectivity index (χ1n) is 6.03. The molecule has 2 unspecified atom stereocenters. The molecule has 0 bridgehead atoms. The van der Waals surface area contributed by atoms with Gasteiger partial charge in [0.2, 0.25) is 5.91 Å². The summed E-state index contributed by atoms with van der Waals surface area (Å²) in [7, 11) is 0. The van der Waals surface area contributed by atoms with Gasteiger partial charge in [0.25, 0.3) is 0 Å². The SMILES string of the molecule is CC(C)(C)C1NC(C(N)=O)Cc2ccccc21. The first-order chi connectivity index (χ1) is 7.89. The first kappa shape index (κ1) is 12.1. The molecule has 0 aliphatic carbocycles. The number of hydrogen-bond acceptors (Lipinski definition) is 2. The monoisotopic (exact) mass is 232 g/mol. The van der Waals surface area contributed by atoms with E-state index in [9.17, 15) is 4.79 Å². The smallest absolute Gasteiger partial charge is 0.234 e. The summed E-state index contributed by atoms with van der Waals surface area (Å²) >= 11 is 0. The van der Waals surface area contributed by atoms with Crippen LogP contribution >= 0.6 is 0 Å². The van der Waals surface area contributed by atoms with E-state index in [4.69, 9.17) is 5.73 Å². The highest BCUT2D eigenvalue weighted by Crippen LogP contribution is 2.37. The average molecular weight is 232 g/mol. The van der Waals surface area contributed by atoms with Crippen molar-refractivity contribution in [1.82, 2.24) is 5.32 Å². The third-order valence-electron chi connectivity index (χ3n) is 3.37. The summed E-state index contributed by atoms with van der Waals surface area (Å²) in [5.41, 5.74) is 8.01. The summed E-state index contributed by atoms with van der Waals surface area (Å²) in [5.74, 6) is -0.270. The minimum atomic E-state index is -0.270. The predicted octanol–water partition coefficient (Wildman–Crippen LogP) is 1.77. The van der Waals surface area contributed by atoms with Gasteiger partial charge in [0.1, 0.15) is 0 Å². The van der Waals surface area contributed by atoms with Crippen molar-refractivity contribution in [3.8, 4) is 0 Å². The maximum Gasteiger partial charge on any atom is 0.234 e. The van der Waals surface area contributed by atoms with E-state index in [2.05, 4.69) is 38.2 Å². The van der Waals surface area contributed by atoms with Crippen LogP contribution in [0, 0.1) is 5.41 Å². The summed E-state index contributed by atoms with van der Waals surface area (Å²) < 4.78 is 0. The van der Waals surface area contributed by atoms with Gasteiger partial charge in [-0.05, 0) is 23.0 Å². The molecule has 1 heterocycles. The zero-order chi connectivity index (χ0) is 12.6. The van der Waals surface area contributed by atoms with E-state index in [-0.39, 0.29) is 23.4 Å². The maximum absolute atomic E-state index is 11.4. The van der Waals surface area contributed by atoms with Gasteiger partial charge in [-0.3, -0.25) is 10.1 Å². The highest BCUT2D eigenvalue weighted by atomic mass is 16.1. The van der Waals surface area contributed by atoms with E-state index in [1.54, 1.807) is 0 Å². The van der Waals surface area contributed by atoms with E-state index in [1.807, 2.05) is 12.1 Å². The van der Waals surface area contributed by atoms with Gasteiger partial charge in [-0.25, -0.2) is 0 Å². The fourth-order valence-corrected chi connectivity index (χ4v) is 2.47. The molecule has 0 fully saturated rings. The lowest BCUT2D eigenvalue weighted by Crippen LogP contribution is -2.50. The van der Waals surface area contributed by atoms with Crippen LogP contribution < -0.4 is 11.1 Å². The van der Waals surface area contributed by atoms with Crippen molar-refractivity contribution in [2.24, 2.45) is 11.1 Å². The molecule has 3 N–H and O–H groups in total. The zero-order valence-corrected chi connectivity index (χ0v) is 10.7. The summed E-state index contributed by atoms with van der Waals surface area (Å²) in [6.45, 7) is 6.51. The molecular formula is C14H20N2O. The topological polar surface area (TPSA) is 55.1 Å². The molecule has 92 valence electrons. The Balaban J connectivity index is 2.43. The number of benzene rings is 1. The van der Waals surface area contributed by atoms with Crippen molar-refractivity contribution < 1.29 is 4.79 Å². The van der Waals surface area contributed by atoms with Crippen LogP contribution in [0.15, 0.2) is 24.3 Å². The van der Waals surface area contributed by atoms with Gasteiger partial charge in [0, 0.05) is 6.04 Å². The summed E-state index contributed by atoms with van der Waals surface area (Å²) in [6, 6.07) is 8.20. The van der Waals surface area contributed by atoms with Crippen molar-refractivity contribution in [2.75, 3.05) is 0 Å². The number of fused-ring (bicyclic) bond motifs is 1. The number of carbonyl (C=O) groups is 1. The van der Waals surface area contributed by atoms with Crippen molar-refractivity contribution in [2.45, 2.75) is 39.3 Å². The molecule has 1 aromatic carbocycles. The highest BCUT2D eigenvalue weighted by Gasteiger charge is 2.35.